The zero-order valence-corrected chi connectivity index (χ0v) is 20.5. The third-order valence-corrected chi connectivity index (χ3v) is 10.9. The number of hydrogen-bond donors (Lipinski definition) is 2. The van der Waals surface area contributed by atoms with Crippen LogP contribution in [0.25, 0.3) is 0 Å². The number of aryl methyl sites for hydroxylation is 2. The van der Waals surface area contributed by atoms with Gasteiger partial charge in [-0.2, -0.15) is 4.31 Å². The quantitative estimate of drug-likeness (QED) is 0.633. The lowest BCUT2D eigenvalue weighted by molar-refractivity contribution is 0.256. The molecule has 10 heteroatoms. The average molecular weight is 494 g/mol. The molecule has 3 aliphatic carbocycles. The second-order valence-corrected chi connectivity index (χ2v) is 13.6. The van der Waals surface area contributed by atoms with Crippen molar-refractivity contribution in [2.24, 2.45) is 0 Å². The largest absolute Gasteiger partial charge is 0.333 e. The van der Waals surface area contributed by atoms with E-state index in [1.165, 1.54) is 21.5 Å². The Labute approximate surface area is 195 Å². The van der Waals surface area contributed by atoms with E-state index in [1.54, 1.807) is 6.92 Å². The van der Waals surface area contributed by atoms with Gasteiger partial charge in [0, 0.05) is 17.6 Å². The van der Waals surface area contributed by atoms with Gasteiger partial charge in [-0.3, -0.25) is 0 Å². The smallest absolute Gasteiger partial charge is 0.307 e. The summed E-state index contributed by atoms with van der Waals surface area (Å²) in [6.45, 7) is 2.13. The van der Waals surface area contributed by atoms with Crippen LogP contribution in [0.3, 0.4) is 0 Å². The molecule has 1 atom stereocenters. The molecular weight excluding hydrogens is 462 g/mol. The fourth-order valence-corrected chi connectivity index (χ4v) is 8.66. The van der Waals surface area contributed by atoms with E-state index in [4.69, 9.17) is 0 Å². The molecule has 0 aromatic heterocycles. The molecule has 33 heavy (non-hydrogen) atoms. The van der Waals surface area contributed by atoms with Gasteiger partial charge in [-0.25, -0.2) is 26.4 Å². The van der Waals surface area contributed by atoms with E-state index >= 15 is 0 Å². The van der Waals surface area contributed by atoms with Crippen molar-refractivity contribution >= 4 is 31.8 Å². The molecule has 1 saturated heterocycles. The number of fused-ring (bicyclic) bond motifs is 2. The van der Waals surface area contributed by atoms with Crippen molar-refractivity contribution in [3.63, 3.8) is 0 Å². The molecule has 1 aromatic carbocycles. The monoisotopic (exact) mass is 493 g/mol. The lowest BCUT2D eigenvalue weighted by Gasteiger charge is -2.31. The van der Waals surface area contributed by atoms with Crippen molar-refractivity contribution in [1.82, 2.24) is 9.03 Å². The van der Waals surface area contributed by atoms with Crippen molar-refractivity contribution in [3.05, 3.63) is 39.8 Å². The Kier molecular flexibility index (Phi) is 5.61. The first-order valence-electron chi connectivity index (χ1n) is 11.8. The Bertz CT molecular complexity index is 1200. The number of hydrogen-bond acceptors (Lipinski definition) is 5. The minimum Gasteiger partial charge on any atom is -0.307 e. The van der Waals surface area contributed by atoms with Gasteiger partial charge in [-0.05, 0) is 93.4 Å². The molecule has 2 N–H and O–H groups in total. The molecule has 1 saturated carbocycles. The van der Waals surface area contributed by atoms with E-state index in [0.29, 0.717) is 32.2 Å². The van der Waals surface area contributed by atoms with Crippen molar-refractivity contribution < 1.29 is 21.6 Å². The van der Waals surface area contributed by atoms with Crippen LogP contribution in [0.4, 0.5) is 10.5 Å². The number of benzene rings is 1. The second-order valence-electron chi connectivity index (χ2n) is 9.92. The Morgan fingerprint density at radius 2 is 1.67 bits per heavy atom. The van der Waals surface area contributed by atoms with Crippen LogP contribution in [0.1, 0.15) is 67.7 Å². The topological polar surface area (TPSA) is 113 Å². The summed E-state index contributed by atoms with van der Waals surface area (Å²) in [5.74, 6) is 0. The molecule has 0 radical (unpaired) electrons. The fraction of sp³-hybridized carbons (Fsp3) is 0.609. The Morgan fingerprint density at radius 1 is 1.03 bits per heavy atom. The van der Waals surface area contributed by atoms with Crippen molar-refractivity contribution in [3.8, 4) is 0 Å². The highest BCUT2D eigenvalue weighted by Crippen LogP contribution is 2.40. The van der Waals surface area contributed by atoms with Crippen LogP contribution in [-0.4, -0.2) is 44.5 Å². The molecule has 0 bridgehead atoms. The number of carbonyl (C=O) groups is 1. The molecule has 4 aliphatic rings. The second kappa shape index (κ2) is 8.09. The molecule has 2 fully saturated rings. The Balaban J connectivity index is 1.31. The number of nitrogens with zero attached hydrogens (tertiary/aromatic N) is 1. The molecule has 0 unspecified atom stereocenters. The molecule has 2 amide bonds. The average Bonchev–Trinajstić information content (AvgIpc) is 3.15. The van der Waals surface area contributed by atoms with E-state index in [0.717, 1.165) is 60.7 Å². The molecule has 180 valence electrons. The summed E-state index contributed by atoms with van der Waals surface area (Å²) in [5.41, 5.74) is 4.61. The summed E-state index contributed by atoms with van der Waals surface area (Å²) in [6, 6.07) is 1.46. The van der Waals surface area contributed by atoms with Crippen LogP contribution in [0, 0.1) is 0 Å². The maximum atomic E-state index is 12.8. The minimum absolute atomic E-state index is 0.349. The number of sulfonamides is 2. The summed E-state index contributed by atoms with van der Waals surface area (Å²) in [5, 5.41) is 3.41. The van der Waals surface area contributed by atoms with Crippen molar-refractivity contribution in [1.29, 1.82) is 0 Å². The Morgan fingerprint density at radius 3 is 2.27 bits per heavy atom. The molecular formula is C23H31N3O5S2. The third kappa shape index (κ3) is 4.33. The van der Waals surface area contributed by atoms with Crippen molar-refractivity contribution in [2.45, 2.75) is 81.9 Å². The zero-order chi connectivity index (χ0) is 23.4. The molecule has 1 aromatic rings. The maximum Gasteiger partial charge on any atom is 0.333 e. The number of rotatable bonds is 6. The van der Waals surface area contributed by atoms with Gasteiger partial charge in [0.05, 0.1) is 10.8 Å². The van der Waals surface area contributed by atoms with E-state index < -0.39 is 31.6 Å². The summed E-state index contributed by atoms with van der Waals surface area (Å²) < 4.78 is 54.4. The SMILES string of the molecule is C[C@@]1(/C=C/S(=O)(=O)NC(=O)Nc2c3c(cc4c2CCC4)CCC3)CCCN1S(=O)(=O)C1CC1. The van der Waals surface area contributed by atoms with Gasteiger partial charge in [0.1, 0.15) is 0 Å². The van der Waals surface area contributed by atoms with Crippen LogP contribution < -0.4 is 10.0 Å². The van der Waals surface area contributed by atoms with Gasteiger partial charge in [-0.15, -0.1) is 0 Å². The van der Waals surface area contributed by atoms with E-state index in [2.05, 4.69) is 16.1 Å². The van der Waals surface area contributed by atoms with Gasteiger partial charge in [0.15, 0.2) is 0 Å². The molecule has 1 aliphatic heterocycles. The first-order chi connectivity index (χ1) is 15.6. The van der Waals surface area contributed by atoms with Crippen LogP contribution in [0.15, 0.2) is 17.6 Å². The number of nitrogens with one attached hydrogen (secondary N) is 2. The van der Waals surface area contributed by atoms with Gasteiger partial charge in [0.2, 0.25) is 10.0 Å². The van der Waals surface area contributed by atoms with Crippen LogP contribution in [-0.2, 0) is 45.7 Å². The Hall–Kier alpha value is -1.91. The molecule has 8 nitrogen and oxygen atoms in total. The van der Waals surface area contributed by atoms with Gasteiger partial charge < -0.3 is 5.32 Å². The van der Waals surface area contributed by atoms with Gasteiger partial charge >= 0.3 is 6.03 Å². The minimum atomic E-state index is -4.09. The summed E-state index contributed by atoms with van der Waals surface area (Å²) in [4.78, 5) is 12.7. The van der Waals surface area contributed by atoms with E-state index in [9.17, 15) is 21.6 Å². The highest BCUT2D eigenvalue weighted by molar-refractivity contribution is 7.93. The zero-order valence-electron chi connectivity index (χ0n) is 18.9. The summed E-state index contributed by atoms with van der Waals surface area (Å²) >= 11 is 0. The van der Waals surface area contributed by atoms with Crippen molar-refractivity contribution in [2.75, 3.05) is 11.9 Å². The lowest BCUT2D eigenvalue weighted by Crippen LogP contribution is -2.45. The number of carbonyl (C=O) groups excluding carboxylic acids is 1. The summed E-state index contributed by atoms with van der Waals surface area (Å²) in [6.07, 6.45) is 9.75. The highest BCUT2D eigenvalue weighted by Gasteiger charge is 2.48. The third-order valence-electron chi connectivity index (χ3n) is 7.42. The molecule has 0 spiro atoms. The first-order valence-corrected chi connectivity index (χ1v) is 14.9. The van der Waals surface area contributed by atoms with E-state index in [1.807, 2.05) is 0 Å². The first kappa shape index (κ1) is 22.9. The number of amides is 2. The van der Waals surface area contributed by atoms with Crippen LogP contribution >= 0.6 is 0 Å². The van der Waals surface area contributed by atoms with Crippen LogP contribution in [0.2, 0.25) is 0 Å². The number of anilines is 1. The predicted octanol–water partition coefficient (Wildman–Crippen LogP) is 2.98. The molecule has 5 rings (SSSR count). The van der Waals surface area contributed by atoms with Gasteiger partial charge in [0.25, 0.3) is 10.0 Å². The van der Waals surface area contributed by atoms with Crippen LogP contribution in [0.5, 0.6) is 0 Å². The normalized spacial score (nSPS) is 25.4. The molecule has 1 heterocycles. The summed E-state index contributed by atoms with van der Waals surface area (Å²) in [7, 11) is -7.52. The fourth-order valence-electron chi connectivity index (χ4n) is 5.60. The highest BCUT2D eigenvalue weighted by atomic mass is 32.2. The van der Waals surface area contributed by atoms with E-state index in [-0.39, 0.29) is 5.25 Å². The van der Waals surface area contributed by atoms with Gasteiger partial charge in [-0.1, -0.05) is 12.1 Å². The maximum absolute atomic E-state index is 12.8. The predicted molar refractivity (Wildman–Crippen MR) is 127 cm³/mol. The lowest BCUT2D eigenvalue weighted by atomic mass is 9.99. The number of urea groups is 1. The standard InChI is InChI=1S/C23H31N3O5S2/c1-23(11-4-13-26(23)33(30,31)18-9-10-18)12-14-32(28,29)25-22(27)24-21-19-7-2-5-16(19)15-17-6-3-8-20(17)21/h12,14-15,18H,2-11,13H2,1H3,(H2,24,25,27)/b14-12+/t23-/m0/s1.